The first-order valence-corrected chi connectivity index (χ1v) is 6.91. The zero-order valence-corrected chi connectivity index (χ0v) is 11.0. The van der Waals surface area contributed by atoms with Crippen molar-refractivity contribution in [1.29, 1.82) is 0 Å². The number of Topliss-reactive ketones (excluding diaryl/α,β-unsaturated/α-hetero) is 1. The van der Waals surface area contributed by atoms with Gasteiger partial charge in [-0.1, -0.05) is 34.1 Å². The summed E-state index contributed by atoms with van der Waals surface area (Å²) in [6.45, 7) is 9.52. The van der Waals surface area contributed by atoms with Crippen molar-refractivity contribution in [3.8, 4) is 0 Å². The van der Waals surface area contributed by atoms with Crippen LogP contribution in [0.25, 0.3) is 0 Å². The molecular weight excluding hydrogens is 196 g/mol. The molecule has 4 saturated carbocycles. The van der Waals surface area contributed by atoms with Gasteiger partial charge in [-0.25, -0.2) is 0 Å². The van der Waals surface area contributed by atoms with Gasteiger partial charge in [0.15, 0.2) is 0 Å². The molecule has 0 aromatic rings. The van der Waals surface area contributed by atoms with E-state index >= 15 is 0 Å². The zero-order valence-electron chi connectivity index (χ0n) is 11.0. The highest BCUT2D eigenvalue weighted by molar-refractivity contribution is 5.83. The van der Waals surface area contributed by atoms with Crippen molar-refractivity contribution in [2.24, 2.45) is 34.5 Å². The largest absolute Gasteiger partial charge is 0.299 e. The highest BCUT2D eigenvalue weighted by atomic mass is 16.1. The fraction of sp³-hybridized carbons (Fsp3) is 0.933. The van der Waals surface area contributed by atoms with Gasteiger partial charge < -0.3 is 0 Å². The number of ketones is 1. The average Bonchev–Trinajstić information content (AvgIpc) is 2.34. The quantitative estimate of drug-likeness (QED) is 0.608. The molecule has 1 heteroatoms. The van der Waals surface area contributed by atoms with Crippen molar-refractivity contribution in [3.63, 3.8) is 0 Å². The monoisotopic (exact) mass is 220 g/mol. The maximum absolute atomic E-state index is 11.9. The van der Waals surface area contributed by atoms with E-state index in [2.05, 4.69) is 27.7 Å². The molecule has 0 spiro atoms. The third-order valence-electron chi connectivity index (χ3n) is 6.34. The van der Waals surface area contributed by atoms with Gasteiger partial charge in [0.05, 0.1) is 0 Å². The Labute approximate surface area is 99.0 Å². The van der Waals surface area contributed by atoms with E-state index in [-0.39, 0.29) is 0 Å². The number of hydrogen-bond acceptors (Lipinski definition) is 1. The summed E-state index contributed by atoms with van der Waals surface area (Å²) in [5.41, 5.74) is 0.978. The van der Waals surface area contributed by atoms with Crippen molar-refractivity contribution >= 4 is 5.78 Å². The fourth-order valence-electron chi connectivity index (χ4n) is 5.52. The number of carbonyl (C=O) groups is 1. The molecule has 0 heterocycles. The van der Waals surface area contributed by atoms with Crippen molar-refractivity contribution < 1.29 is 4.79 Å². The molecule has 4 bridgehead atoms. The minimum Gasteiger partial charge on any atom is -0.299 e. The normalized spacial score (nSPS) is 54.1. The summed E-state index contributed by atoms with van der Waals surface area (Å²) in [6, 6.07) is 0. The Hall–Kier alpha value is -0.330. The second kappa shape index (κ2) is 2.91. The second-order valence-corrected chi connectivity index (χ2v) is 7.47. The third kappa shape index (κ3) is 1.05. The first kappa shape index (κ1) is 10.8. The van der Waals surface area contributed by atoms with Crippen LogP contribution in [0, 0.1) is 34.5 Å². The van der Waals surface area contributed by atoms with Crippen LogP contribution in [0.2, 0.25) is 0 Å². The van der Waals surface area contributed by atoms with Gasteiger partial charge >= 0.3 is 0 Å². The number of fused-ring (bicyclic) bond motifs is 2. The predicted octanol–water partition coefficient (Wildman–Crippen LogP) is 3.67. The van der Waals surface area contributed by atoms with Crippen LogP contribution in [-0.2, 0) is 4.79 Å². The number of rotatable bonds is 0. The lowest BCUT2D eigenvalue weighted by molar-refractivity contribution is -0.204. The molecule has 4 fully saturated rings. The van der Waals surface area contributed by atoms with E-state index in [9.17, 15) is 4.79 Å². The first-order chi connectivity index (χ1) is 7.38. The summed E-state index contributed by atoms with van der Waals surface area (Å²) in [5, 5.41) is 0. The van der Waals surface area contributed by atoms with Crippen molar-refractivity contribution in [1.82, 2.24) is 0 Å². The summed E-state index contributed by atoms with van der Waals surface area (Å²) in [4.78, 5) is 11.9. The summed E-state index contributed by atoms with van der Waals surface area (Å²) in [5.74, 6) is 3.10. The second-order valence-electron chi connectivity index (χ2n) is 7.47. The molecule has 1 nitrogen and oxygen atoms in total. The molecule has 0 aromatic heterocycles. The van der Waals surface area contributed by atoms with Crippen molar-refractivity contribution in [2.75, 3.05) is 0 Å². The van der Waals surface area contributed by atoms with Crippen LogP contribution in [0.3, 0.4) is 0 Å². The lowest BCUT2D eigenvalue weighted by atomic mass is 9.36. The lowest BCUT2D eigenvalue weighted by Gasteiger charge is -2.68. The van der Waals surface area contributed by atoms with Gasteiger partial charge in [0, 0.05) is 12.3 Å². The van der Waals surface area contributed by atoms with Crippen molar-refractivity contribution in [3.05, 3.63) is 0 Å². The van der Waals surface area contributed by atoms with Crippen LogP contribution < -0.4 is 0 Å². The van der Waals surface area contributed by atoms with Crippen LogP contribution in [0.1, 0.15) is 53.4 Å². The lowest BCUT2D eigenvalue weighted by Crippen LogP contribution is -2.65. The molecule has 4 aliphatic rings. The maximum Gasteiger partial charge on any atom is 0.136 e. The molecular formula is C15H24O. The topological polar surface area (TPSA) is 17.1 Å². The van der Waals surface area contributed by atoms with Gasteiger partial charge in [0.2, 0.25) is 0 Å². The maximum atomic E-state index is 11.9. The van der Waals surface area contributed by atoms with Gasteiger partial charge in [-0.2, -0.15) is 0 Å². The van der Waals surface area contributed by atoms with Gasteiger partial charge in [-0.05, 0) is 41.4 Å². The molecule has 0 aromatic carbocycles. The minimum atomic E-state index is 0.331. The summed E-state index contributed by atoms with van der Waals surface area (Å²) >= 11 is 0. The highest BCUT2D eigenvalue weighted by Crippen LogP contribution is 2.72. The van der Waals surface area contributed by atoms with Crippen molar-refractivity contribution in [2.45, 2.75) is 53.4 Å². The fourth-order valence-corrected chi connectivity index (χ4v) is 5.52. The molecule has 4 rings (SSSR count). The van der Waals surface area contributed by atoms with E-state index in [1.165, 1.54) is 19.3 Å². The zero-order chi connectivity index (χ0) is 11.7. The van der Waals surface area contributed by atoms with Gasteiger partial charge in [0.1, 0.15) is 5.78 Å². The molecule has 0 saturated heterocycles. The molecule has 5 atom stereocenters. The van der Waals surface area contributed by atoms with Gasteiger partial charge in [0.25, 0.3) is 0 Å². The molecule has 3 unspecified atom stereocenters. The molecule has 0 aliphatic heterocycles. The van der Waals surface area contributed by atoms with Crippen LogP contribution >= 0.6 is 0 Å². The van der Waals surface area contributed by atoms with Crippen LogP contribution in [0.5, 0.6) is 0 Å². The van der Waals surface area contributed by atoms with Crippen LogP contribution in [-0.4, -0.2) is 5.78 Å². The Morgan fingerprint density at radius 1 is 1.12 bits per heavy atom. The third-order valence-corrected chi connectivity index (χ3v) is 6.34. The molecule has 0 amide bonds. The number of hydrogen-bond donors (Lipinski definition) is 0. The van der Waals surface area contributed by atoms with E-state index < -0.39 is 0 Å². The number of carbonyl (C=O) groups excluding carboxylic acids is 1. The van der Waals surface area contributed by atoms with E-state index in [1.807, 2.05) is 0 Å². The van der Waals surface area contributed by atoms with Crippen LogP contribution in [0.15, 0.2) is 0 Å². The summed E-state index contributed by atoms with van der Waals surface area (Å²) in [6.07, 6.45) is 4.97. The Bertz CT molecular complexity index is 343. The van der Waals surface area contributed by atoms with Crippen LogP contribution in [0.4, 0.5) is 0 Å². The van der Waals surface area contributed by atoms with Gasteiger partial charge in [-0.3, -0.25) is 4.79 Å². The SMILES string of the molecule is CC1C(=O)C[C@@H]2[C@@H]3C1C2(C)CCCC3(C)C. The smallest absolute Gasteiger partial charge is 0.136 e. The average molecular weight is 220 g/mol. The van der Waals surface area contributed by atoms with E-state index in [0.29, 0.717) is 34.4 Å². The first-order valence-electron chi connectivity index (χ1n) is 6.91. The summed E-state index contributed by atoms with van der Waals surface area (Å²) < 4.78 is 0. The highest BCUT2D eigenvalue weighted by Gasteiger charge is 2.68. The molecule has 90 valence electrons. The Kier molecular flexibility index (Phi) is 1.97. The van der Waals surface area contributed by atoms with E-state index in [0.717, 1.165) is 12.3 Å². The van der Waals surface area contributed by atoms with E-state index in [4.69, 9.17) is 0 Å². The molecule has 16 heavy (non-hydrogen) atoms. The van der Waals surface area contributed by atoms with E-state index in [1.54, 1.807) is 0 Å². The predicted molar refractivity (Wildman–Crippen MR) is 65.0 cm³/mol. The summed E-state index contributed by atoms with van der Waals surface area (Å²) in [7, 11) is 0. The molecule has 0 radical (unpaired) electrons. The standard InChI is InChI=1S/C15H24O/c1-9-11(16)8-10-13-12(9)15(10,4)7-5-6-14(13,2)3/h9-10,12-13H,5-8H2,1-4H3/t9?,10-,12?,13-,15?/m1/s1. The Morgan fingerprint density at radius 2 is 1.81 bits per heavy atom. The Balaban J connectivity index is 2.03. The molecule has 0 N–H and O–H groups in total. The Morgan fingerprint density at radius 3 is 2.44 bits per heavy atom. The minimum absolute atomic E-state index is 0.331. The van der Waals surface area contributed by atoms with Gasteiger partial charge in [-0.15, -0.1) is 0 Å². The molecule has 4 aliphatic carbocycles.